The molecule has 0 spiro atoms. The first-order valence-electron chi connectivity index (χ1n) is 8.81. The highest BCUT2D eigenvalue weighted by atomic mass is 16.5. The summed E-state index contributed by atoms with van der Waals surface area (Å²) in [5.74, 6) is -0.329. The van der Waals surface area contributed by atoms with E-state index in [0.29, 0.717) is 17.5 Å². The summed E-state index contributed by atoms with van der Waals surface area (Å²) in [5, 5.41) is 20.4. The molecule has 0 saturated heterocycles. The molecular weight excluding hydrogens is 366 g/mol. The van der Waals surface area contributed by atoms with Crippen LogP contribution in [0.5, 0.6) is 0 Å². The molecule has 0 aliphatic carbocycles. The van der Waals surface area contributed by atoms with Crippen LogP contribution in [0.4, 0.5) is 0 Å². The van der Waals surface area contributed by atoms with Gasteiger partial charge in [-0.3, -0.25) is 14.6 Å². The third kappa shape index (κ3) is 4.07. The van der Waals surface area contributed by atoms with Crippen LogP contribution in [0.3, 0.4) is 0 Å². The number of amides is 1. The van der Waals surface area contributed by atoms with E-state index in [2.05, 4.69) is 20.3 Å². The molecule has 28 heavy (non-hydrogen) atoms. The topological polar surface area (TPSA) is 150 Å². The van der Waals surface area contributed by atoms with Gasteiger partial charge in [0.25, 0.3) is 5.56 Å². The van der Waals surface area contributed by atoms with E-state index in [1.54, 1.807) is 0 Å². The molecule has 0 atom stereocenters. The monoisotopic (exact) mass is 387 g/mol. The fraction of sp³-hybridized carbons (Fsp3) is 0.389. The second-order valence-electron chi connectivity index (χ2n) is 6.64. The van der Waals surface area contributed by atoms with Gasteiger partial charge in [0.05, 0.1) is 11.0 Å². The lowest BCUT2D eigenvalue weighted by molar-refractivity contribution is -0.121. The standard InChI is InChI=1S/C18H21N5O5/c1-9-6-11-12(7-10(9)2)23(8-13(24)19-5-3-4-14(25)26)16-15(20-11)17(27)22-18(28)21-16/h6-7,14,25-26H,3-5,8H2,1-2H3,(H,19,24)(H,22,27,28). The number of aromatic amines is 1. The van der Waals surface area contributed by atoms with Crippen LogP contribution in [-0.2, 0) is 11.3 Å². The van der Waals surface area contributed by atoms with E-state index in [9.17, 15) is 14.4 Å². The number of nitrogens with one attached hydrogen (secondary N) is 2. The predicted molar refractivity (Wildman–Crippen MR) is 101 cm³/mol. The number of H-pyrrole nitrogens is 1. The Labute approximate surface area is 159 Å². The van der Waals surface area contributed by atoms with Crippen molar-refractivity contribution in [1.82, 2.24) is 24.8 Å². The summed E-state index contributed by atoms with van der Waals surface area (Å²) in [7, 11) is 0. The van der Waals surface area contributed by atoms with Gasteiger partial charge in [0, 0.05) is 6.54 Å². The number of aliphatic hydroxyl groups is 2. The van der Waals surface area contributed by atoms with Gasteiger partial charge in [-0.1, -0.05) is 0 Å². The maximum atomic E-state index is 12.4. The number of fused-ring (bicyclic) bond motifs is 2. The lowest BCUT2D eigenvalue weighted by Crippen LogP contribution is -2.33. The minimum Gasteiger partial charge on any atom is -0.368 e. The fourth-order valence-corrected chi connectivity index (χ4v) is 2.92. The van der Waals surface area contributed by atoms with Crippen molar-refractivity contribution < 1.29 is 15.0 Å². The fourth-order valence-electron chi connectivity index (χ4n) is 2.92. The van der Waals surface area contributed by atoms with Crippen LogP contribution in [0.1, 0.15) is 24.0 Å². The molecule has 2 aliphatic heterocycles. The van der Waals surface area contributed by atoms with Crippen LogP contribution < -0.4 is 16.6 Å². The zero-order valence-corrected chi connectivity index (χ0v) is 15.5. The van der Waals surface area contributed by atoms with Gasteiger partial charge in [0.1, 0.15) is 6.54 Å². The van der Waals surface area contributed by atoms with E-state index in [1.165, 1.54) is 4.57 Å². The van der Waals surface area contributed by atoms with Crippen LogP contribution in [-0.4, -0.2) is 48.5 Å². The lowest BCUT2D eigenvalue weighted by Gasteiger charge is -2.17. The summed E-state index contributed by atoms with van der Waals surface area (Å²) >= 11 is 0. The van der Waals surface area contributed by atoms with Crippen LogP contribution in [0.2, 0.25) is 0 Å². The molecule has 2 aliphatic rings. The normalized spacial score (nSPS) is 11.5. The number of benzene rings is 1. The Bertz CT molecular complexity index is 1120. The second-order valence-corrected chi connectivity index (χ2v) is 6.64. The molecule has 0 unspecified atom stereocenters. The number of hydrogen-bond acceptors (Lipinski definition) is 7. The zero-order chi connectivity index (χ0) is 20.4. The number of rotatable bonds is 6. The number of carbonyl (C=O) groups is 1. The molecule has 4 N–H and O–H groups in total. The van der Waals surface area contributed by atoms with Crippen molar-refractivity contribution in [2.75, 3.05) is 6.54 Å². The maximum Gasteiger partial charge on any atom is 0.349 e. The van der Waals surface area contributed by atoms with Crippen LogP contribution in [0, 0.1) is 13.8 Å². The van der Waals surface area contributed by atoms with Crippen molar-refractivity contribution in [2.45, 2.75) is 39.5 Å². The molecule has 3 rings (SSSR count). The number of aromatic nitrogens is 4. The summed E-state index contributed by atoms with van der Waals surface area (Å²) in [6.45, 7) is 3.91. The Kier molecular flexibility index (Phi) is 5.52. The summed E-state index contributed by atoms with van der Waals surface area (Å²) < 4.78 is 1.50. The first-order chi connectivity index (χ1) is 13.3. The number of aryl methyl sites for hydroxylation is 2. The Morgan fingerprint density at radius 2 is 1.93 bits per heavy atom. The number of aliphatic hydroxyl groups excluding tert-OH is 1. The Hall–Kier alpha value is -3.11. The van der Waals surface area contributed by atoms with Crippen molar-refractivity contribution >= 4 is 16.9 Å². The van der Waals surface area contributed by atoms with Crippen LogP contribution in [0.25, 0.3) is 22.6 Å². The molecule has 1 aromatic rings. The zero-order valence-electron chi connectivity index (χ0n) is 15.5. The Balaban J connectivity index is 2.05. The molecule has 10 nitrogen and oxygen atoms in total. The molecule has 0 radical (unpaired) electrons. The molecule has 148 valence electrons. The van der Waals surface area contributed by atoms with Crippen molar-refractivity contribution in [3.8, 4) is 11.5 Å². The molecule has 10 heteroatoms. The lowest BCUT2D eigenvalue weighted by atomic mass is 10.1. The van der Waals surface area contributed by atoms with E-state index in [-0.39, 0.29) is 36.9 Å². The van der Waals surface area contributed by atoms with E-state index in [1.807, 2.05) is 26.0 Å². The Morgan fingerprint density at radius 1 is 1.21 bits per heavy atom. The SMILES string of the molecule is Cc1cc2nc3c(=O)[nH]c(=O)nc-3n(CC(=O)NCCCC(O)O)c2cc1C. The number of hydrogen-bond donors (Lipinski definition) is 4. The average Bonchev–Trinajstić information content (AvgIpc) is 2.61. The third-order valence-corrected chi connectivity index (χ3v) is 4.49. The van der Waals surface area contributed by atoms with Gasteiger partial charge in [-0.15, -0.1) is 0 Å². The third-order valence-electron chi connectivity index (χ3n) is 4.49. The molecule has 2 heterocycles. The average molecular weight is 387 g/mol. The Morgan fingerprint density at radius 3 is 2.64 bits per heavy atom. The maximum absolute atomic E-state index is 12.4. The predicted octanol–water partition coefficient (Wildman–Crippen LogP) is -0.591. The molecule has 0 saturated carbocycles. The number of nitrogens with zero attached hydrogens (tertiary/aromatic N) is 3. The summed E-state index contributed by atoms with van der Waals surface area (Å²) in [4.78, 5) is 46.6. The van der Waals surface area contributed by atoms with Gasteiger partial charge in [0.2, 0.25) is 5.91 Å². The van der Waals surface area contributed by atoms with Crippen LogP contribution >= 0.6 is 0 Å². The van der Waals surface area contributed by atoms with E-state index >= 15 is 0 Å². The van der Waals surface area contributed by atoms with Gasteiger partial charge in [0.15, 0.2) is 17.8 Å². The van der Waals surface area contributed by atoms with Gasteiger partial charge in [-0.05, 0) is 49.9 Å². The summed E-state index contributed by atoms with van der Waals surface area (Å²) in [6.07, 6.45) is -0.881. The van der Waals surface area contributed by atoms with Crippen molar-refractivity contribution in [3.63, 3.8) is 0 Å². The molecule has 0 bridgehead atoms. The van der Waals surface area contributed by atoms with Gasteiger partial charge < -0.3 is 20.1 Å². The first-order valence-corrected chi connectivity index (χ1v) is 8.81. The van der Waals surface area contributed by atoms with E-state index in [0.717, 1.165) is 11.1 Å². The molecule has 1 aromatic carbocycles. The number of carbonyl (C=O) groups excluding carboxylic acids is 1. The second kappa shape index (κ2) is 7.87. The highest BCUT2D eigenvalue weighted by Crippen LogP contribution is 2.23. The molecular formula is C18H21N5O5. The van der Waals surface area contributed by atoms with Crippen LogP contribution in [0.15, 0.2) is 21.7 Å². The quantitative estimate of drug-likeness (QED) is 0.251. The largest absolute Gasteiger partial charge is 0.368 e. The van der Waals surface area contributed by atoms with Gasteiger partial charge in [-0.2, -0.15) is 4.98 Å². The smallest absolute Gasteiger partial charge is 0.349 e. The minimum atomic E-state index is -1.42. The van der Waals surface area contributed by atoms with E-state index in [4.69, 9.17) is 10.2 Å². The molecule has 0 fully saturated rings. The van der Waals surface area contributed by atoms with Crippen molar-refractivity contribution in [3.05, 3.63) is 44.1 Å². The minimum absolute atomic E-state index is 0.0217. The summed E-state index contributed by atoms with van der Waals surface area (Å²) in [6, 6.07) is 3.64. The molecule has 0 aromatic heterocycles. The van der Waals surface area contributed by atoms with E-state index < -0.39 is 17.5 Å². The van der Waals surface area contributed by atoms with Crippen molar-refractivity contribution in [2.24, 2.45) is 0 Å². The van der Waals surface area contributed by atoms with Gasteiger partial charge in [-0.25, -0.2) is 9.78 Å². The van der Waals surface area contributed by atoms with Gasteiger partial charge >= 0.3 is 5.69 Å². The summed E-state index contributed by atoms with van der Waals surface area (Å²) in [5.41, 5.74) is 1.53. The van der Waals surface area contributed by atoms with Crippen molar-refractivity contribution in [1.29, 1.82) is 0 Å². The first kappa shape index (κ1) is 19.6. The highest BCUT2D eigenvalue weighted by molar-refractivity contribution is 5.84. The molecule has 1 amide bonds. The highest BCUT2D eigenvalue weighted by Gasteiger charge is 2.20.